The van der Waals surface area contributed by atoms with Gasteiger partial charge in [0, 0.05) is 43.0 Å². The molecular weight excluding hydrogens is 555 g/mol. The van der Waals surface area contributed by atoms with Crippen LogP contribution in [0.1, 0.15) is 75.5 Å². The van der Waals surface area contributed by atoms with Crippen molar-refractivity contribution < 1.29 is 9.53 Å². The van der Waals surface area contributed by atoms with Crippen molar-refractivity contribution in [3.63, 3.8) is 0 Å². The predicted molar refractivity (Wildman–Crippen MR) is 165 cm³/mol. The molecule has 1 N–H and O–H groups in total. The Hall–Kier alpha value is -2.20. The molecule has 8 nitrogen and oxygen atoms in total. The molecule has 2 aliphatic rings. The first-order valence-corrected chi connectivity index (χ1v) is 15.8. The third-order valence-electron chi connectivity index (χ3n) is 6.51. The van der Waals surface area contributed by atoms with Gasteiger partial charge in [0.25, 0.3) is 5.91 Å². The summed E-state index contributed by atoms with van der Waals surface area (Å²) in [5, 5.41) is 5.93. The molecule has 0 spiro atoms. The maximum Gasteiger partial charge on any atom is 0.256 e. The largest absolute Gasteiger partial charge is 0.378 e. The molecular formula is C28H40Cl2N6O2S. The Kier molecular flexibility index (Phi) is 12.5. The number of halogens is 2. The van der Waals surface area contributed by atoms with Crippen molar-refractivity contribution >= 4 is 58.2 Å². The van der Waals surface area contributed by atoms with E-state index < -0.39 is 0 Å². The quantitative estimate of drug-likeness (QED) is 0.244. The molecule has 2 saturated heterocycles. The Morgan fingerprint density at radius 2 is 1.77 bits per heavy atom. The molecule has 2 aromatic heterocycles. The number of likely N-dealkylation sites (tertiary alicyclic amines) is 1. The number of nitrogens with one attached hydrogen (secondary N) is 1. The van der Waals surface area contributed by atoms with Gasteiger partial charge in [-0.15, -0.1) is 0 Å². The number of amides is 1. The molecule has 3 aromatic rings. The van der Waals surface area contributed by atoms with Crippen molar-refractivity contribution in [3.05, 3.63) is 51.8 Å². The second-order valence-corrected chi connectivity index (χ2v) is 10.2. The predicted octanol–water partition coefficient (Wildman–Crippen LogP) is 7.37. The number of benzene rings is 1. The third-order valence-corrected chi connectivity index (χ3v) is 7.36. The SMILES string of the molecule is CC.CC.CSNc1ccc(Cl)cc1C(=O)N1CCCCCC1c1cc2nc(Cl)cc(N3CCOCC3)n2n1. The van der Waals surface area contributed by atoms with Crippen molar-refractivity contribution in [2.45, 2.75) is 59.4 Å². The van der Waals surface area contributed by atoms with E-state index in [0.717, 1.165) is 56.0 Å². The maximum atomic E-state index is 13.9. The molecule has 4 heterocycles. The number of hydrogen-bond acceptors (Lipinski definition) is 7. The van der Waals surface area contributed by atoms with Gasteiger partial charge in [-0.25, -0.2) is 4.98 Å². The van der Waals surface area contributed by atoms with Crippen LogP contribution in [0.3, 0.4) is 0 Å². The molecule has 1 amide bonds. The van der Waals surface area contributed by atoms with Crippen LogP contribution in [0.4, 0.5) is 11.5 Å². The van der Waals surface area contributed by atoms with Gasteiger partial charge in [-0.3, -0.25) is 4.79 Å². The van der Waals surface area contributed by atoms with Crippen molar-refractivity contribution in [2.24, 2.45) is 0 Å². The Labute approximate surface area is 246 Å². The summed E-state index contributed by atoms with van der Waals surface area (Å²) in [4.78, 5) is 22.6. The number of rotatable bonds is 5. The van der Waals surface area contributed by atoms with E-state index in [9.17, 15) is 4.79 Å². The fourth-order valence-corrected chi connectivity index (χ4v) is 5.59. The standard InChI is InChI=1S/C24H28Cl2N6O2S.2C2H6/c1-35-29-18-7-6-16(25)13-17(18)24(33)31-8-4-2-3-5-20(31)19-14-22-27-21(26)15-23(32(22)28-19)30-9-11-34-12-10-30;2*1-2/h6-7,13-15,20,29H,2-5,8-12H2,1H3;2*1-2H3. The maximum absolute atomic E-state index is 13.9. The number of nitrogens with zero attached hydrogens (tertiary/aromatic N) is 5. The van der Waals surface area contributed by atoms with Crippen LogP contribution < -0.4 is 9.62 Å². The summed E-state index contributed by atoms with van der Waals surface area (Å²) in [6, 6.07) is 9.03. The lowest BCUT2D eigenvalue weighted by molar-refractivity contribution is 0.0678. The van der Waals surface area contributed by atoms with E-state index in [1.54, 1.807) is 12.1 Å². The average Bonchev–Trinajstić information content (AvgIpc) is 3.24. The molecule has 11 heteroatoms. The van der Waals surface area contributed by atoms with Crippen LogP contribution in [0.15, 0.2) is 30.3 Å². The number of carbonyl (C=O) groups is 1. The second-order valence-electron chi connectivity index (χ2n) is 8.74. The van der Waals surface area contributed by atoms with Crippen LogP contribution in [-0.2, 0) is 4.74 Å². The van der Waals surface area contributed by atoms with Crippen LogP contribution >= 0.6 is 35.1 Å². The Balaban J connectivity index is 0.00000100. The molecule has 2 fully saturated rings. The van der Waals surface area contributed by atoms with Gasteiger partial charge < -0.3 is 19.3 Å². The molecule has 2 aliphatic heterocycles. The highest BCUT2D eigenvalue weighted by Gasteiger charge is 2.31. The van der Waals surface area contributed by atoms with Gasteiger partial charge in [0.2, 0.25) is 0 Å². The summed E-state index contributed by atoms with van der Waals surface area (Å²) in [7, 11) is 0. The minimum absolute atomic E-state index is 0.0487. The van der Waals surface area contributed by atoms with Gasteiger partial charge in [0.05, 0.1) is 36.2 Å². The number of morpholine rings is 1. The molecule has 5 rings (SSSR count). The number of ether oxygens (including phenoxy) is 1. The Bertz CT molecular complexity index is 1220. The van der Waals surface area contributed by atoms with E-state index in [0.29, 0.717) is 41.1 Å². The smallest absolute Gasteiger partial charge is 0.256 e. The molecule has 214 valence electrons. The summed E-state index contributed by atoms with van der Waals surface area (Å²) >= 11 is 14.1. The highest BCUT2D eigenvalue weighted by molar-refractivity contribution is 7.99. The summed E-state index contributed by atoms with van der Waals surface area (Å²) in [5.74, 6) is 0.842. The second kappa shape index (κ2) is 15.6. The Morgan fingerprint density at radius 3 is 2.49 bits per heavy atom. The number of anilines is 2. The van der Waals surface area contributed by atoms with Crippen LogP contribution in [0.2, 0.25) is 10.2 Å². The molecule has 0 bridgehead atoms. The van der Waals surface area contributed by atoms with Crippen molar-refractivity contribution in [1.82, 2.24) is 19.5 Å². The number of carbonyl (C=O) groups excluding carboxylic acids is 1. The zero-order valence-electron chi connectivity index (χ0n) is 23.5. The van der Waals surface area contributed by atoms with Crippen LogP contribution in [-0.4, -0.2) is 64.5 Å². The average molecular weight is 596 g/mol. The molecule has 0 saturated carbocycles. The van der Waals surface area contributed by atoms with E-state index in [-0.39, 0.29) is 11.9 Å². The van der Waals surface area contributed by atoms with E-state index in [1.165, 1.54) is 11.9 Å². The molecule has 1 aromatic carbocycles. The van der Waals surface area contributed by atoms with E-state index in [2.05, 4.69) is 14.6 Å². The normalized spacial score (nSPS) is 17.5. The number of aromatic nitrogens is 3. The van der Waals surface area contributed by atoms with E-state index >= 15 is 0 Å². The summed E-state index contributed by atoms with van der Waals surface area (Å²) in [6.45, 7) is 11.5. The first-order valence-electron chi connectivity index (χ1n) is 13.8. The van der Waals surface area contributed by atoms with Crippen molar-refractivity contribution in [1.29, 1.82) is 0 Å². The molecule has 1 atom stereocenters. The van der Waals surface area contributed by atoms with E-state index in [1.807, 2.05) is 61.6 Å². The van der Waals surface area contributed by atoms with Crippen LogP contribution in [0.5, 0.6) is 0 Å². The Morgan fingerprint density at radius 1 is 1.03 bits per heavy atom. The lowest BCUT2D eigenvalue weighted by atomic mass is 10.0. The molecule has 0 radical (unpaired) electrons. The number of hydrogen-bond donors (Lipinski definition) is 1. The lowest BCUT2D eigenvalue weighted by Gasteiger charge is -2.30. The highest BCUT2D eigenvalue weighted by Crippen LogP contribution is 2.34. The van der Waals surface area contributed by atoms with Gasteiger partial charge in [-0.1, -0.05) is 75.7 Å². The van der Waals surface area contributed by atoms with Gasteiger partial charge in [0.1, 0.15) is 11.0 Å². The fourth-order valence-electron chi connectivity index (χ4n) is 4.83. The third kappa shape index (κ3) is 7.51. The van der Waals surface area contributed by atoms with Gasteiger partial charge in [0.15, 0.2) is 5.65 Å². The molecule has 0 aliphatic carbocycles. The van der Waals surface area contributed by atoms with E-state index in [4.69, 9.17) is 33.0 Å². The highest BCUT2D eigenvalue weighted by atomic mass is 35.5. The van der Waals surface area contributed by atoms with Crippen molar-refractivity contribution in [2.75, 3.05) is 48.7 Å². The monoisotopic (exact) mass is 594 g/mol. The topological polar surface area (TPSA) is 75.0 Å². The lowest BCUT2D eigenvalue weighted by Crippen LogP contribution is -2.37. The van der Waals surface area contributed by atoms with Gasteiger partial charge in [-0.2, -0.15) is 9.61 Å². The first-order chi connectivity index (χ1) is 19.0. The summed E-state index contributed by atoms with van der Waals surface area (Å²) in [6.07, 6.45) is 5.81. The number of fused-ring (bicyclic) bond motifs is 1. The van der Waals surface area contributed by atoms with Gasteiger partial charge in [-0.05, 0) is 31.0 Å². The van der Waals surface area contributed by atoms with Gasteiger partial charge >= 0.3 is 0 Å². The minimum Gasteiger partial charge on any atom is -0.378 e. The fraction of sp³-hybridized carbons (Fsp3) is 0.536. The first kappa shape index (κ1) is 31.3. The molecule has 39 heavy (non-hydrogen) atoms. The van der Waals surface area contributed by atoms with Crippen LogP contribution in [0.25, 0.3) is 5.65 Å². The zero-order valence-corrected chi connectivity index (χ0v) is 25.9. The zero-order chi connectivity index (χ0) is 28.4. The summed E-state index contributed by atoms with van der Waals surface area (Å²) < 4.78 is 10.6. The summed E-state index contributed by atoms with van der Waals surface area (Å²) in [5.41, 5.74) is 2.83. The van der Waals surface area contributed by atoms with Crippen LogP contribution in [0, 0.1) is 0 Å². The minimum atomic E-state index is -0.163. The van der Waals surface area contributed by atoms with Crippen molar-refractivity contribution in [3.8, 4) is 0 Å². The molecule has 1 unspecified atom stereocenters.